The average Bonchev–Trinajstić information content (AvgIpc) is 2.96. The molecule has 0 radical (unpaired) electrons. The molecule has 0 amide bonds. The molecule has 0 fully saturated rings. The topological polar surface area (TPSA) is 64.1 Å². The van der Waals surface area contributed by atoms with Crippen LogP contribution in [0.2, 0.25) is 0 Å². The number of ketones is 1. The number of Topliss-reactive ketones (excluding diaryl/α,β-unsaturated/α-hetero) is 1. The first kappa shape index (κ1) is 17.9. The van der Waals surface area contributed by atoms with Gasteiger partial charge < -0.3 is 10.1 Å². The molecule has 0 spiro atoms. The number of carbonyl (C=O) groups is 1. The van der Waals surface area contributed by atoms with Gasteiger partial charge in [0.15, 0.2) is 10.1 Å². The van der Waals surface area contributed by atoms with Crippen molar-refractivity contribution in [1.29, 1.82) is 0 Å². The highest BCUT2D eigenvalue weighted by Crippen LogP contribution is 2.30. The molecule has 0 aliphatic heterocycles. The van der Waals surface area contributed by atoms with Crippen LogP contribution in [-0.4, -0.2) is 41.5 Å². The predicted molar refractivity (Wildman–Crippen MR) is 95.8 cm³/mol. The van der Waals surface area contributed by atoms with Gasteiger partial charge >= 0.3 is 0 Å². The van der Waals surface area contributed by atoms with E-state index in [0.29, 0.717) is 13.2 Å². The lowest BCUT2D eigenvalue weighted by atomic mass is 10.0. The molecule has 23 heavy (non-hydrogen) atoms. The number of methoxy groups -OCH3 is 1. The standard InChI is InChI=1S/C16H21N3O2S2/c1-10-5-6-11(2)13(9-10)14(20)12(3)22-16-19-18-15(23-16)17-7-8-21-4/h5-6,9,12H,7-8H2,1-4H3,(H,17,18). The van der Waals surface area contributed by atoms with Crippen LogP contribution in [-0.2, 0) is 4.74 Å². The SMILES string of the molecule is COCCNc1nnc(SC(C)C(=O)c2cc(C)ccc2C)s1. The highest BCUT2D eigenvalue weighted by Gasteiger charge is 2.20. The van der Waals surface area contributed by atoms with Gasteiger partial charge in [0.25, 0.3) is 0 Å². The van der Waals surface area contributed by atoms with Gasteiger partial charge in [-0.3, -0.25) is 4.79 Å². The van der Waals surface area contributed by atoms with Crippen LogP contribution in [0.4, 0.5) is 5.13 Å². The van der Waals surface area contributed by atoms with E-state index in [4.69, 9.17) is 4.74 Å². The van der Waals surface area contributed by atoms with Crippen molar-refractivity contribution in [3.8, 4) is 0 Å². The van der Waals surface area contributed by atoms with Crippen LogP contribution in [0.5, 0.6) is 0 Å². The lowest BCUT2D eigenvalue weighted by molar-refractivity contribution is 0.0993. The van der Waals surface area contributed by atoms with E-state index >= 15 is 0 Å². The molecule has 1 aromatic carbocycles. The zero-order chi connectivity index (χ0) is 16.8. The van der Waals surface area contributed by atoms with E-state index in [-0.39, 0.29) is 11.0 Å². The third-order valence-corrected chi connectivity index (χ3v) is 5.36. The number of benzene rings is 1. The number of aromatic nitrogens is 2. The Labute approximate surface area is 144 Å². The number of rotatable bonds is 8. The molecule has 0 aliphatic carbocycles. The first-order chi connectivity index (χ1) is 11.0. The summed E-state index contributed by atoms with van der Waals surface area (Å²) >= 11 is 2.90. The molecule has 0 aliphatic rings. The van der Waals surface area contributed by atoms with Gasteiger partial charge in [0.2, 0.25) is 5.13 Å². The molecule has 7 heteroatoms. The third kappa shape index (κ3) is 5.02. The van der Waals surface area contributed by atoms with Crippen molar-refractivity contribution in [1.82, 2.24) is 10.2 Å². The van der Waals surface area contributed by atoms with E-state index in [1.54, 1.807) is 7.11 Å². The molecular formula is C16H21N3O2S2. The number of ether oxygens (including phenoxy) is 1. The summed E-state index contributed by atoms with van der Waals surface area (Å²) in [6.07, 6.45) is 0. The maximum atomic E-state index is 12.6. The van der Waals surface area contributed by atoms with Crippen molar-refractivity contribution < 1.29 is 9.53 Å². The van der Waals surface area contributed by atoms with E-state index in [1.807, 2.05) is 39.0 Å². The fourth-order valence-electron chi connectivity index (χ4n) is 2.01. The van der Waals surface area contributed by atoms with E-state index in [1.165, 1.54) is 23.1 Å². The maximum absolute atomic E-state index is 12.6. The van der Waals surface area contributed by atoms with Crippen LogP contribution >= 0.6 is 23.1 Å². The Kier molecular flexibility index (Phi) is 6.56. The highest BCUT2D eigenvalue weighted by atomic mass is 32.2. The van der Waals surface area contributed by atoms with Crippen LogP contribution in [0.15, 0.2) is 22.5 Å². The summed E-state index contributed by atoms with van der Waals surface area (Å²) < 4.78 is 5.77. The van der Waals surface area contributed by atoms with Gasteiger partial charge in [-0.2, -0.15) is 0 Å². The molecule has 1 aromatic heterocycles. The summed E-state index contributed by atoms with van der Waals surface area (Å²) in [5, 5.41) is 11.9. The summed E-state index contributed by atoms with van der Waals surface area (Å²) in [4.78, 5) is 12.6. The monoisotopic (exact) mass is 351 g/mol. The van der Waals surface area contributed by atoms with Crippen LogP contribution < -0.4 is 5.32 Å². The molecule has 1 atom stereocenters. The Morgan fingerprint density at radius 3 is 2.91 bits per heavy atom. The quantitative estimate of drug-likeness (QED) is 0.445. The lowest BCUT2D eigenvalue weighted by Gasteiger charge is -2.11. The molecule has 2 rings (SSSR count). The molecule has 2 aromatic rings. The van der Waals surface area contributed by atoms with Crippen LogP contribution in [0.1, 0.15) is 28.4 Å². The molecule has 5 nitrogen and oxygen atoms in total. The van der Waals surface area contributed by atoms with Crippen molar-refractivity contribution in [2.45, 2.75) is 30.4 Å². The Morgan fingerprint density at radius 2 is 2.17 bits per heavy atom. The number of anilines is 1. The molecule has 0 saturated heterocycles. The normalized spacial score (nSPS) is 12.2. The number of carbonyl (C=O) groups excluding carboxylic acids is 1. The predicted octanol–water partition coefficient (Wildman–Crippen LogP) is 3.58. The number of hydrogen-bond acceptors (Lipinski definition) is 7. The third-order valence-electron chi connectivity index (χ3n) is 3.29. The first-order valence-electron chi connectivity index (χ1n) is 7.35. The van der Waals surface area contributed by atoms with Gasteiger partial charge in [-0.15, -0.1) is 10.2 Å². The minimum Gasteiger partial charge on any atom is -0.383 e. The summed E-state index contributed by atoms with van der Waals surface area (Å²) in [6, 6.07) is 5.96. The molecular weight excluding hydrogens is 330 g/mol. The van der Waals surface area contributed by atoms with Crippen molar-refractivity contribution in [3.05, 3.63) is 34.9 Å². The van der Waals surface area contributed by atoms with Crippen LogP contribution in [0, 0.1) is 13.8 Å². The van der Waals surface area contributed by atoms with Gasteiger partial charge in [-0.05, 0) is 32.4 Å². The Bertz CT molecular complexity index is 673. The number of aryl methyl sites for hydroxylation is 2. The van der Waals surface area contributed by atoms with Crippen molar-refractivity contribution in [2.75, 3.05) is 25.6 Å². The van der Waals surface area contributed by atoms with Crippen LogP contribution in [0.25, 0.3) is 0 Å². The van der Waals surface area contributed by atoms with Crippen LogP contribution in [0.3, 0.4) is 0 Å². The van der Waals surface area contributed by atoms with Gasteiger partial charge in [-0.25, -0.2) is 0 Å². The Morgan fingerprint density at radius 1 is 1.39 bits per heavy atom. The van der Waals surface area contributed by atoms with Crippen molar-refractivity contribution >= 4 is 34.0 Å². The molecule has 124 valence electrons. The number of thioether (sulfide) groups is 1. The van der Waals surface area contributed by atoms with E-state index in [0.717, 1.165) is 26.2 Å². The lowest BCUT2D eigenvalue weighted by Crippen LogP contribution is -2.15. The minimum absolute atomic E-state index is 0.125. The van der Waals surface area contributed by atoms with E-state index in [9.17, 15) is 4.79 Å². The molecule has 0 bridgehead atoms. The molecule has 0 saturated carbocycles. The fraction of sp³-hybridized carbons (Fsp3) is 0.438. The Hall–Kier alpha value is -1.44. The Balaban J connectivity index is 1.99. The van der Waals surface area contributed by atoms with Gasteiger partial charge in [0.1, 0.15) is 0 Å². The van der Waals surface area contributed by atoms with Crippen molar-refractivity contribution in [3.63, 3.8) is 0 Å². The number of nitrogens with one attached hydrogen (secondary N) is 1. The van der Waals surface area contributed by atoms with Crippen molar-refractivity contribution in [2.24, 2.45) is 0 Å². The average molecular weight is 351 g/mol. The second kappa shape index (κ2) is 8.42. The summed E-state index contributed by atoms with van der Waals surface area (Å²) in [6.45, 7) is 7.17. The van der Waals surface area contributed by atoms with Gasteiger partial charge in [-0.1, -0.05) is 40.8 Å². The summed E-state index contributed by atoms with van der Waals surface area (Å²) in [5.41, 5.74) is 2.89. The van der Waals surface area contributed by atoms with E-state index in [2.05, 4.69) is 15.5 Å². The van der Waals surface area contributed by atoms with Gasteiger partial charge in [0, 0.05) is 19.2 Å². The summed E-state index contributed by atoms with van der Waals surface area (Å²) in [5.74, 6) is 0.125. The molecule has 1 N–H and O–H groups in total. The molecule has 1 unspecified atom stereocenters. The number of nitrogens with zero attached hydrogens (tertiary/aromatic N) is 2. The maximum Gasteiger partial charge on any atom is 0.206 e. The second-order valence-electron chi connectivity index (χ2n) is 5.24. The summed E-state index contributed by atoms with van der Waals surface area (Å²) in [7, 11) is 1.66. The zero-order valence-electron chi connectivity index (χ0n) is 13.8. The highest BCUT2D eigenvalue weighted by molar-refractivity contribution is 8.02. The number of hydrogen-bond donors (Lipinski definition) is 1. The first-order valence-corrected chi connectivity index (χ1v) is 9.05. The zero-order valence-corrected chi connectivity index (χ0v) is 15.4. The molecule has 1 heterocycles. The van der Waals surface area contributed by atoms with Gasteiger partial charge in [0.05, 0.1) is 11.9 Å². The second-order valence-corrected chi connectivity index (χ2v) is 7.80. The smallest absolute Gasteiger partial charge is 0.206 e. The fourth-order valence-corrected chi connectivity index (χ4v) is 4.00. The minimum atomic E-state index is -0.199. The largest absolute Gasteiger partial charge is 0.383 e. The van der Waals surface area contributed by atoms with E-state index < -0.39 is 0 Å².